The van der Waals surface area contributed by atoms with Gasteiger partial charge in [0.05, 0.1) is 6.61 Å². The molecule has 0 saturated heterocycles. The number of carbonyl (C=O) groups excluding carboxylic acids is 1. The van der Waals surface area contributed by atoms with Crippen LogP contribution in [-0.4, -0.2) is 32.3 Å². The van der Waals surface area contributed by atoms with Crippen LogP contribution in [0.4, 0.5) is 4.79 Å². The Labute approximate surface area is 78.8 Å². The van der Waals surface area contributed by atoms with E-state index in [0.29, 0.717) is 6.61 Å². The molecular formula is C8H19N3O2. The number of amides is 1. The van der Waals surface area contributed by atoms with Crippen molar-refractivity contribution in [2.45, 2.75) is 19.3 Å². The van der Waals surface area contributed by atoms with Crippen molar-refractivity contribution < 1.29 is 9.53 Å². The molecule has 0 rings (SSSR count). The van der Waals surface area contributed by atoms with Gasteiger partial charge in [0, 0.05) is 0 Å². The topological polar surface area (TPSA) is 90.4 Å². The van der Waals surface area contributed by atoms with Crippen LogP contribution in [0, 0.1) is 0 Å². The van der Waals surface area contributed by atoms with Crippen molar-refractivity contribution in [2.24, 2.45) is 11.5 Å². The molecule has 0 aromatic heterocycles. The van der Waals surface area contributed by atoms with Gasteiger partial charge in [0.15, 0.2) is 0 Å². The maximum atomic E-state index is 10.1. The van der Waals surface area contributed by atoms with Gasteiger partial charge < -0.3 is 21.5 Å². The highest BCUT2D eigenvalue weighted by Crippen LogP contribution is 1.84. The van der Waals surface area contributed by atoms with E-state index in [1.54, 1.807) is 0 Å². The SMILES string of the molecule is NCCCCNCCCOC(N)=O. The summed E-state index contributed by atoms with van der Waals surface area (Å²) in [5.74, 6) is 0. The number of nitrogens with one attached hydrogen (secondary N) is 1. The van der Waals surface area contributed by atoms with Crippen LogP contribution in [0.3, 0.4) is 0 Å². The van der Waals surface area contributed by atoms with E-state index in [-0.39, 0.29) is 0 Å². The summed E-state index contributed by atoms with van der Waals surface area (Å²) in [5, 5.41) is 3.21. The fourth-order valence-corrected chi connectivity index (χ4v) is 0.889. The molecule has 0 aromatic rings. The summed E-state index contributed by atoms with van der Waals surface area (Å²) in [7, 11) is 0. The lowest BCUT2D eigenvalue weighted by Crippen LogP contribution is -2.20. The largest absolute Gasteiger partial charge is 0.450 e. The standard InChI is InChI=1S/C8H19N3O2/c9-4-1-2-5-11-6-3-7-13-8(10)12/h11H,1-7,9H2,(H2,10,12). The number of primary amides is 1. The van der Waals surface area contributed by atoms with Crippen molar-refractivity contribution in [1.29, 1.82) is 0 Å². The third kappa shape index (κ3) is 11.2. The number of unbranched alkanes of at least 4 members (excludes halogenated alkanes) is 1. The lowest BCUT2D eigenvalue weighted by Gasteiger charge is -2.03. The fourth-order valence-electron chi connectivity index (χ4n) is 0.889. The molecule has 13 heavy (non-hydrogen) atoms. The highest BCUT2D eigenvalue weighted by Gasteiger charge is 1.92. The van der Waals surface area contributed by atoms with Crippen LogP contribution in [-0.2, 0) is 4.74 Å². The van der Waals surface area contributed by atoms with Gasteiger partial charge in [-0.2, -0.15) is 0 Å². The summed E-state index contributed by atoms with van der Waals surface area (Å²) in [6, 6.07) is 0. The zero-order valence-corrected chi connectivity index (χ0v) is 7.92. The van der Waals surface area contributed by atoms with E-state index >= 15 is 0 Å². The van der Waals surface area contributed by atoms with Crippen molar-refractivity contribution in [3.05, 3.63) is 0 Å². The number of nitrogens with two attached hydrogens (primary N) is 2. The molecule has 0 unspecified atom stereocenters. The van der Waals surface area contributed by atoms with Crippen molar-refractivity contribution in [3.63, 3.8) is 0 Å². The smallest absolute Gasteiger partial charge is 0.404 e. The van der Waals surface area contributed by atoms with Crippen LogP contribution < -0.4 is 16.8 Å². The van der Waals surface area contributed by atoms with Crippen LogP contribution >= 0.6 is 0 Å². The maximum Gasteiger partial charge on any atom is 0.404 e. The first-order valence-corrected chi connectivity index (χ1v) is 4.60. The first-order valence-electron chi connectivity index (χ1n) is 4.60. The predicted molar refractivity (Wildman–Crippen MR) is 51.3 cm³/mol. The van der Waals surface area contributed by atoms with Gasteiger partial charge >= 0.3 is 6.09 Å². The molecule has 0 fully saturated rings. The van der Waals surface area contributed by atoms with Crippen LogP contribution in [0.25, 0.3) is 0 Å². The summed E-state index contributed by atoms with van der Waals surface area (Å²) in [6.07, 6.45) is 2.23. The van der Waals surface area contributed by atoms with Crippen LogP contribution in [0.2, 0.25) is 0 Å². The number of hydrogen-bond donors (Lipinski definition) is 3. The van der Waals surface area contributed by atoms with E-state index in [1.165, 1.54) is 0 Å². The van der Waals surface area contributed by atoms with E-state index in [4.69, 9.17) is 11.5 Å². The van der Waals surface area contributed by atoms with Gasteiger partial charge in [0.2, 0.25) is 0 Å². The number of rotatable bonds is 8. The monoisotopic (exact) mass is 189 g/mol. The summed E-state index contributed by atoms with van der Waals surface area (Å²) in [5.41, 5.74) is 10.1. The van der Waals surface area contributed by atoms with E-state index < -0.39 is 6.09 Å². The molecule has 5 nitrogen and oxygen atoms in total. The quantitative estimate of drug-likeness (QED) is 0.461. The molecule has 0 aromatic carbocycles. The molecule has 0 bridgehead atoms. The average molecular weight is 189 g/mol. The van der Waals surface area contributed by atoms with Gasteiger partial charge in [0.25, 0.3) is 0 Å². The second kappa shape index (κ2) is 9.28. The number of ether oxygens (including phenoxy) is 1. The zero-order chi connectivity index (χ0) is 9.94. The molecule has 0 heterocycles. The lowest BCUT2D eigenvalue weighted by atomic mass is 10.3. The fraction of sp³-hybridized carbons (Fsp3) is 0.875. The normalized spacial score (nSPS) is 9.92. The molecule has 0 atom stereocenters. The maximum absolute atomic E-state index is 10.1. The molecule has 0 spiro atoms. The Kier molecular flexibility index (Phi) is 8.70. The first kappa shape index (κ1) is 12.2. The van der Waals surface area contributed by atoms with E-state index in [2.05, 4.69) is 10.1 Å². The second-order valence-corrected chi connectivity index (χ2v) is 2.77. The van der Waals surface area contributed by atoms with Gasteiger partial charge in [-0.1, -0.05) is 0 Å². The van der Waals surface area contributed by atoms with Gasteiger partial charge in [-0.25, -0.2) is 4.79 Å². The average Bonchev–Trinajstić information content (AvgIpc) is 2.09. The molecule has 0 saturated carbocycles. The van der Waals surface area contributed by atoms with Gasteiger partial charge in [-0.05, 0) is 38.9 Å². The second-order valence-electron chi connectivity index (χ2n) is 2.77. The van der Waals surface area contributed by atoms with Crippen molar-refractivity contribution in [1.82, 2.24) is 5.32 Å². The minimum atomic E-state index is -0.705. The molecule has 0 radical (unpaired) electrons. The van der Waals surface area contributed by atoms with Gasteiger partial charge in [0.1, 0.15) is 0 Å². The van der Waals surface area contributed by atoms with E-state index in [1.807, 2.05) is 0 Å². The highest BCUT2D eigenvalue weighted by molar-refractivity contribution is 5.64. The van der Waals surface area contributed by atoms with Gasteiger partial charge in [-0.3, -0.25) is 0 Å². The van der Waals surface area contributed by atoms with Crippen molar-refractivity contribution >= 4 is 6.09 Å². The Hall–Kier alpha value is -0.810. The van der Waals surface area contributed by atoms with Gasteiger partial charge in [-0.15, -0.1) is 0 Å². The summed E-state index contributed by atoms with van der Waals surface area (Å²) in [6.45, 7) is 2.94. The summed E-state index contributed by atoms with van der Waals surface area (Å²) in [4.78, 5) is 10.1. The number of carbonyl (C=O) groups is 1. The third-order valence-electron chi connectivity index (χ3n) is 1.55. The Morgan fingerprint density at radius 1 is 1.23 bits per heavy atom. The molecule has 0 aliphatic rings. The molecule has 78 valence electrons. The first-order chi connectivity index (χ1) is 6.27. The highest BCUT2D eigenvalue weighted by atomic mass is 16.5. The zero-order valence-electron chi connectivity index (χ0n) is 7.92. The molecule has 5 N–H and O–H groups in total. The molecular weight excluding hydrogens is 170 g/mol. The molecule has 0 aliphatic heterocycles. The van der Waals surface area contributed by atoms with Crippen LogP contribution in [0.5, 0.6) is 0 Å². The Morgan fingerprint density at radius 3 is 2.54 bits per heavy atom. The minimum Gasteiger partial charge on any atom is -0.450 e. The van der Waals surface area contributed by atoms with Crippen LogP contribution in [0.1, 0.15) is 19.3 Å². The Balaban J connectivity index is 2.87. The minimum absolute atomic E-state index is 0.388. The van der Waals surface area contributed by atoms with Crippen molar-refractivity contribution in [3.8, 4) is 0 Å². The van der Waals surface area contributed by atoms with Crippen LogP contribution in [0.15, 0.2) is 0 Å². The summed E-state index contributed by atoms with van der Waals surface area (Å²) >= 11 is 0. The van der Waals surface area contributed by atoms with E-state index in [0.717, 1.165) is 38.9 Å². The Morgan fingerprint density at radius 2 is 1.92 bits per heavy atom. The van der Waals surface area contributed by atoms with Crippen molar-refractivity contribution in [2.75, 3.05) is 26.2 Å². The predicted octanol–water partition coefficient (Wildman–Crippen LogP) is -0.200. The van der Waals surface area contributed by atoms with E-state index in [9.17, 15) is 4.79 Å². The summed E-state index contributed by atoms with van der Waals surface area (Å²) < 4.78 is 4.55. The molecule has 1 amide bonds. The lowest BCUT2D eigenvalue weighted by molar-refractivity contribution is 0.155. The molecule has 0 aliphatic carbocycles. The molecule has 5 heteroatoms. The number of hydrogen-bond acceptors (Lipinski definition) is 4. The third-order valence-corrected chi connectivity index (χ3v) is 1.55. The Bertz CT molecular complexity index is 131.